The molecule has 0 aromatic rings. The Hall–Kier alpha value is -2.17. The third kappa shape index (κ3) is 6.35. The average Bonchev–Trinajstić information content (AvgIpc) is 2.42. The van der Waals surface area contributed by atoms with E-state index in [1.807, 2.05) is 0 Å². The molecular weight excluding hydrogens is 248 g/mol. The topological polar surface area (TPSA) is 69.7 Å². The number of methoxy groups -OCH3 is 1. The Kier molecular flexibility index (Phi) is 7.84. The first-order chi connectivity index (χ1) is 8.96. The smallest absolute Gasteiger partial charge is 0.336 e. The van der Waals surface area contributed by atoms with Crippen LogP contribution in [0, 0.1) is 0 Å². The molecule has 0 saturated heterocycles. The van der Waals surface area contributed by atoms with E-state index in [1.54, 1.807) is 26.8 Å². The van der Waals surface area contributed by atoms with E-state index < -0.39 is 11.9 Å². The van der Waals surface area contributed by atoms with Crippen molar-refractivity contribution in [1.29, 1.82) is 0 Å². The average molecular weight is 266 g/mol. The van der Waals surface area contributed by atoms with E-state index in [4.69, 9.17) is 4.74 Å². The Morgan fingerprint density at radius 3 is 2.11 bits per heavy atom. The van der Waals surface area contributed by atoms with Gasteiger partial charge in [0.25, 0.3) is 0 Å². The van der Waals surface area contributed by atoms with Crippen molar-refractivity contribution in [2.45, 2.75) is 27.2 Å². The maximum atomic E-state index is 11.5. The molecule has 0 heterocycles. The monoisotopic (exact) mass is 266 g/mol. The lowest BCUT2D eigenvalue weighted by Gasteiger charge is -2.06. The number of rotatable bonds is 6. The largest absolute Gasteiger partial charge is 0.466 e. The Morgan fingerprint density at radius 2 is 1.63 bits per heavy atom. The number of hydrogen-bond acceptors (Lipinski definition) is 5. The molecule has 5 nitrogen and oxygen atoms in total. The summed E-state index contributed by atoms with van der Waals surface area (Å²) in [5, 5.41) is 0. The number of ketones is 1. The summed E-state index contributed by atoms with van der Waals surface area (Å²) >= 11 is 0. The molecule has 0 fully saturated rings. The minimum absolute atomic E-state index is 0.113. The van der Waals surface area contributed by atoms with Crippen molar-refractivity contribution in [3.63, 3.8) is 0 Å². The number of Topliss-reactive ketones (excluding diaryl/α,β-unsaturated/α-hetero) is 1. The zero-order valence-electron chi connectivity index (χ0n) is 11.6. The van der Waals surface area contributed by atoms with E-state index in [0.717, 1.165) is 12.2 Å². The highest BCUT2D eigenvalue weighted by atomic mass is 16.5. The number of esters is 2. The van der Waals surface area contributed by atoms with Crippen molar-refractivity contribution >= 4 is 17.7 Å². The molecule has 0 amide bonds. The number of hydrogen-bond donors (Lipinski definition) is 0. The number of carbonyl (C=O) groups is 3. The normalized spacial score (nSPS) is 12.4. The molecule has 0 rings (SSSR count). The Balaban J connectivity index is 4.97. The van der Waals surface area contributed by atoms with Crippen LogP contribution in [-0.4, -0.2) is 24.8 Å². The van der Waals surface area contributed by atoms with Gasteiger partial charge in [-0.15, -0.1) is 0 Å². The maximum Gasteiger partial charge on any atom is 0.336 e. The van der Waals surface area contributed by atoms with Crippen molar-refractivity contribution in [2.24, 2.45) is 0 Å². The van der Waals surface area contributed by atoms with Crippen LogP contribution in [0.4, 0.5) is 0 Å². The summed E-state index contributed by atoms with van der Waals surface area (Å²) in [6.45, 7) is 5.04. The molecule has 0 spiro atoms. The van der Waals surface area contributed by atoms with Crippen molar-refractivity contribution in [3.05, 3.63) is 35.6 Å². The molecule has 0 bridgehead atoms. The molecule has 0 aromatic carbocycles. The van der Waals surface area contributed by atoms with E-state index in [9.17, 15) is 14.4 Å². The molecular formula is C14H18O5. The van der Waals surface area contributed by atoms with Crippen LogP contribution >= 0.6 is 0 Å². The van der Waals surface area contributed by atoms with Crippen LogP contribution in [0.3, 0.4) is 0 Å². The first-order valence-electron chi connectivity index (χ1n) is 5.80. The molecule has 0 saturated carbocycles. The molecule has 0 N–H and O–H groups in total. The van der Waals surface area contributed by atoms with Gasteiger partial charge in [-0.3, -0.25) is 4.79 Å². The van der Waals surface area contributed by atoms with Crippen LogP contribution in [0.15, 0.2) is 35.6 Å². The van der Waals surface area contributed by atoms with Gasteiger partial charge in [0.15, 0.2) is 5.78 Å². The van der Waals surface area contributed by atoms with E-state index >= 15 is 0 Å². The lowest BCUT2D eigenvalue weighted by Crippen LogP contribution is -2.07. The summed E-state index contributed by atoms with van der Waals surface area (Å²) in [6.07, 6.45) is 5.39. The Morgan fingerprint density at radius 1 is 1.05 bits per heavy atom. The highest BCUT2D eigenvalue weighted by Gasteiger charge is 2.11. The second-order valence-corrected chi connectivity index (χ2v) is 3.54. The summed E-state index contributed by atoms with van der Waals surface area (Å²) in [5.74, 6) is -1.34. The molecule has 0 aliphatic carbocycles. The van der Waals surface area contributed by atoms with Crippen molar-refractivity contribution in [1.82, 2.24) is 0 Å². The molecule has 0 aromatic heterocycles. The van der Waals surface area contributed by atoms with Crippen molar-refractivity contribution in [2.75, 3.05) is 7.11 Å². The van der Waals surface area contributed by atoms with Crippen LogP contribution in [0.1, 0.15) is 27.2 Å². The van der Waals surface area contributed by atoms with E-state index in [2.05, 4.69) is 4.74 Å². The highest BCUT2D eigenvalue weighted by Crippen LogP contribution is 2.11. The van der Waals surface area contributed by atoms with Crippen LogP contribution < -0.4 is 0 Å². The molecule has 0 radical (unpaired) electrons. The lowest BCUT2D eigenvalue weighted by atomic mass is 10.1. The van der Waals surface area contributed by atoms with Crippen molar-refractivity contribution < 1.29 is 23.9 Å². The predicted molar refractivity (Wildman–Crippen MR) is 70.1 cm³/mol. The molecule has 0 aliphatic rings. The lowest BCUT2D eigenvalue weighted by molar-refractivity contribution is -0.137. The van der Waals surface area contributed by atoms with Gasteiger partial charge in [-0.05, 0) is 19.9 Å². The third-order valence-electron chi connectivity index (χ3n) is 2.19. The standard InChI is InChI=1S/C14H18O5/c1-5-7-12(10(3)11(15)6-2)19-14(17)9-8-13(16)18-4/h5,7-9H,6H2,1-4H3. The summed E-state index contributed by atoms with van der Waals surface area (Å²) < 4.78 is 9.35. The molecule has 104 valence electrons. The predicted octanol–water partition coefficient (Wildman–Crippen LogP) is 2.09. The van der Waals surface area contributed by atoms with E-state index in [-0.39, 0.29) is 11.5 Å². The molecule has 0 aliphatic heterocycles. The summed E-state index contributed by atoms with van der Waals surface area (Å²) in [7, 11) is 1.20. The minimum Gasteiger partial charge on any atom is -0.466 e. The quantitative estimate of drug-likeness (QED) is 0.318. The van der Waals surface area contributed by atoms with Crippen molar-refractivity contribution in [3.8, 4) is 0 Å². The number of allylic oxidation sites excluding steroid dienone is 3. The SMILES string of the molecule is CC=CC(OC(=O)C=CC(=O)OC)=C(C)C(=O)CC. The highest BCUT2D eigenvalue weighted by molar-refractivity contribution is 5.96. The fraction of sp³-hybridized carbons (Fsp3) is 0.357. The van der Waals surface area contributed by atoms with Gasteiger partial charge in [-0.2, -0.15) is 0 Å². The van der Waals surface area contributed by atoms with E-state index in [1.165, 1.54) is 13.2 Å². The fourth-order valence-corrected chi connectivity index (χ4v) is 1.14. The van der Waals surface area contributed by atoms with Gasteiger partial charge in [0, 0.05) is 24.1 Å². The number of ether oxygens (including phenoxy) is 2. The first-order valence-corrected chi connectivity index (χ1v) is 5.80. The zero-order valence-corrected chi connectivity index (χ0v) is 11.6. The summed E-state index contributed by atoms with van der Waals surface area (Å²) in [6, 6.07) is 0. The minimum atomic E-state index is -0.748. The Bertz CT molecular complexity index is 441. The second-order valence-electron chi connectivity index (χ2n) is 3.54. The van der Waals surface area contributed by atoms with Gasteiger partial charge in [0.1, 0.15) is 5.76 Å². The van der Waals surface area contributed by atoms with Gasteiger partial charge in [0.2, 0.25) is 0 Å². The van der Waals surface area contributed by atoms with Gasteiger partial charge in [-0.25, -0.2) is 9.59 Å². The van der Waals surface area contributed by atoms with Gasteiger partial charge in [-0.1, -0.05) is 13.0 Å². The summed E-state index contributed by atoms with van der Waals surface area (Å²) in [4.78, 5) is 33.8. The molecule has 0 atom stereocenters. The molecule has 19 heavy (non-hydrogen) atoms. The second kappa shape index (κ2) is 8.85. The maximum absolute atomic E-state index is 11.5. The zero-order chi connectivity index (χ0) is 14.8. The van der Waals surface area contributed by atoms with Crippen LogP contribution in [0.5, 0.6) is 0 Å². The van der Waals surface area contributed by atoms with Crippen LogP contribution in [0.2, 0.25) is 0 Å². The summed E-state index contributed by atoms with van der Waals surface area (Å²) in [5.41, 5.74) is 0.361. The van der Waals surface area contributed by atoms with Gasteiger partial charge in [0.05, 0.1) is 7.11 Å². The van der Waals surface area contributed by atoms with Gasteiger partial charge < -0.3 is 9.47 Å². The van der Waals surface area contributed by atoms with Crippen LogP contribution in [-0.2, 0) is 23.9 Å². The number of carbonyl (C=O) groups excluding carboxylic acids is 3. The van der Waals surface area contributed by atoms with Crippen LogP contribution in [0.25, 0.3) is 0 Å². The fourth-order valence-electron chi connectivity index (χ4n) is 1.14. The van der Waals surface area contributed by atoms with Gasteiger partial charge >= 0.3 is 11.9 Å². The molecule has 0 unspecified atom stereocenters. The Labute approximate surface area is 112 Å². The van der Waals surface area contributed by atoms with E-state index in [0.29, 0.717) is 12.0 Å². The third-order valence-corrected chi connectivity index (χ3v) is 2.19. The molecule has 5 heteroatoms. The first kappa shape index (κ1) is 16.8.